The van der Waals surface area contributed by atoms with Crippen LogP contribution in [0.3, 0.4) is 0 Å². The largest absolute Gasteiger partial charge is 0.469 e. The molecule has 0 aromatic heterocycles. The molecule has 0 amide bonds. The van der Waals surface area contributed by atoms with Gasteiger partial charge >= 0.3 is 5.97 Å². The molecule has 0 bridgehead atoms. The quantitative estimate of drug-likeness (QED) is 0.620. The number of allylic oxidation sites excluding steroid dienone is 2. The molecular weight excluding hydrogens is 156 g/mol. The van der Waals surface area contributed by atoms with Gasteiger partial charge in [0.1, 0.15) is 0 Å². The fraction of sp³-hybridized carbons (Fsp3) is 0.444. The van der Waals surface area contributed by atoms with Crippen molar-refractivity contribution in [1.29, 1.82) is 0 Å². The fourth-order valence-corrected chi connectivity index (χ4v) is 1.11. The van der Waals surface area contributed by atoms with Gasteiger partial charge in [-0.25, -0.2) is 0 Å². The minimum atomic E-state index is -1.04. The summed E-state index contributed by atoms with van der Waals surface area (Å²) >= 11 is 0. The molecule has 1 aliphatic rings. The third kappa shape index (κ3) is 2.20. The number of hydrogen-bond donors (Lipinski definition) is 1. The molecule has 0 spiro atoms. The van der Waals surface area contributed by atoms with Crippen LogP contribution in [0.1, 0.15) is 12.8 Å². The average Bonchev–Trinajstić information content (AvgIpc) is 2.05. The van der Waals surface area contributed by atoms with Crippen molar-refractivity contribution in [3.63, 3.8) is 0 Å². The van der Waals surface area contributed by atoms with Gasteiger partial charge in [0, 0.05) is 0 Å². The number of carbonyl (C=O) groups is 1. The smallest absolute Gasteiger partial charge is 0.308 e. The summed E-state index contributed by atoms with van der Waals surface area (Å²) in [5, 5.41) is 9.73. The van der Waals surface area contributed by atoms with Gasteiger partial charge in [-0.2, -0.15) is 0 Å². The molecule has 0 aromatic carbocycles. The van der Waals surface area contributed by atoms with Gasteiger partial charge < -0.3 is 9.84 Å². The van der Waals surface area contributed by atoms with Crippen LogP contribution in [-0.2, 0) is 9.53 Å². The van der Waals surface area contributed by atoms with Crippen LogP contribution in [-0.4, -0.2) is 23.8 Å². The lowest BCUT2D eigenvalue weighted by atomic mass is 9.92. The molecule has 1 rings (SSSR count). The van der Waals surface area contributed by atoms with Crippen LogP contribution >= 0.6 is 0 Å². The summed E-state index contributed by atoms with van der Waals surface area (Å²) in [5.41, 5.74) is -1.04. The molecule has 3 heteroatoms. The third-order valence-electron chi connectivity index (χ3n) is 1.80. The Morgan fingerprint density at radius 3 is 2.92 bits per heavy atom. The van der Waals surface area contributed by atoms with Crippen molar-refractivity contribution in [2.45, 2.75) is 18.4 Å². The van der Waals surface area contributed by atoms with Crippen molar-refractivity contribution in [2.75, 3.05) is 7.11 Å². The summed E-state index contributed by atoms with van der Waals surface area (Å²) in [6.07, 6.45) is 7.49. The minimum Gasteiger partial charge on any atom is -0.469 e. The Bertz CT molecular complexity index is 230. The molecule has 0 heterocycles. The number of ether oxygens (including phenoxy) is 1. The highest BCUT2D eigenvalue weighted by Gasteiger charge is 2.27. The maximum Gasteiger partial charge on any atom is 0.308 e. The van der Waals surface area contributed by atoms with Crippen LogP contribution in [0, 0.1) is 0 Å². The molecule has 3 nitrogen and oxygen atoms in total. The first kappa shape index (κ1) is 9.00. The number of carbonyl (C=O) groups excluding carboxylic acids is 1. The third-order valence-corrected chi connectivity index (χ3v) is 1.80. The van der Waals surface area contributed by atoms with E-state index in [9.17, 15) is 9.90 Å². The van der Waals surface area contributed by atoms with E-state index in [4.69, 9.17) is 0 Å². The highest BCUT2D eigenvalue weighted by molar-refractivity contribution is 5.71. The first-order valence-corrected chi connectivity index (χ1v) is 3.80. The molecule has 1 N–H and O–H groups in total. The summed E-state index contributed by atoms with van der Waals surface area (Å²) < 4.78 is 4.46. The van der Waals surface area contributed by atoms with E-state index in [0.29, 0.717) is 6.42 Å². The first-order valence-electron chi connectivity index (χ1n) is 3.80. The molecule has 0 fully saturated rings. The van der Waals surface area contributed by atoms with E-state index in [1.54, 1.807) is 12.2 Å². The monoisotopic (exact) mass is 168 g/mol. The zero-order valence-electron chi connectivity index (χ0n) is 6.99. The van der Waals surface area contributed by atoms with Crippen molar-refractivity contribution < 1.29 is 14.6 Å². The number of esters is 1. The number of hydrogen-bond acceptors (Lipinski definition) is 3. The lowest BCUT2D eigenvalue weighted by Crippen LogP contribution is -2.30. The van der Waals surface area contributed by atoms with E-state index < -0.39 is 11.6 Å². The Kier molecular flexibility index (Phi) is 2.65. The van der Waals surface area contributed by atoms with Gasteiger partial charge in [0.05, 0.1) is 19.1 Å². The van der Waals surface area contributed by atoms with Crippen LogP contribution in [0.25, 0.3) is 0 Å². The molecule has 0 saturated heterocycles. The van der Waals surface area contributed by atoms with E-state index in [-0.39, 0.29) is 6.42 Å². The Morgan fingerprint density at radius 2 is 2.42 bits per heavy atom. The van der Waals surface area contributed by atoms with Crippen molar-refractivity contribution in [3.05, 3.63) is 24.3 Å². The zero-order valence-corrected chi connectivity index (χ0v) is 6.99. The summed E-state index contributed by atoms with van der Waals surface area (Å²) in [5.74, 6) is -0.391. The van der Waals surface area contributed by atoms with Gasteiger partial charge in [-0.05, 0) is 6.42 Å². The van der Waals surface area contributed by atoms with Gasteiger partial charge in [-0.3, -0.25) is 4.79 Å². The van der Waals surface area contributed by atoms with Crippen molar-refractivity contribution in [3.8, 4) is 0 Å². The minimum absolute atomic E-state index is 0.0182. The van der Waals surface area contributed by atoms with Crippen LogP contribution in [0.15, 0.2) is 24.3 Å². The van der Waals surface area contributed by atoms with Crippen LogP contribution in [0.2, 0.25) is 0 Å². The predicted molar refractivity (Wildman–Crippen MR) is 44.5 cm³/mol. The van der Waals surface area contributed by atoms with Gasteiger partial charge in [0.15, 0.2) is 0 Å². The van der Waals surface area contributed by atoms with E-state index in [1.165, 1.54) is 7.11 Å². The maximum atomic E-state index is 10.8. The van der Waals surface area contributed by atoms with Gasteiger partial charge in [0.2, 0.25) is 0 Å². The molecule has 0 unspecified atom stereocenters. The molecule has 12 heavy (non-hydrogen) atoms. The Labute approximate surface area is 71.3 Å². The first-order chi connectivity index (χ1) is 5.66. The highest BCUT2D eigenvalue weighted by atomic mass is 16.5. The lowest BCUT2D eigenvalue weighted by Gasteiger charge is -2.23. The lowest BCUT2D eigenvalue weighted by molar-refractivity contribution is -0.144. The molecule has 66 valence electrons. The Hall–Kier alpha value is -1.09. The summed E-state index contributed by atoms with van der Waals surface area (Å²) in [7, 11) is 1.31. The number of rotatable bonds is 2. The fourth-order valence-electron chi connectivity index (χ4n) is 1.11. The molecule has 0 saturated carbocycles. The summed E-state index contributed by atoms with van der Waals surface area (Å²) in [6.45, 7) is 0. The zero-order chi connectivity index (χ0) is 9.03. The second-order valence-corrected chi connectivity index (χ2v) is 2.85. The molecular formula is C9H12O3. The van der Waals surface area contributed by atoms with E-state index in [1.807, 2.05) is 12.2 Å². The molecule has 1 atom stereocenters. The normalized spacial score (nSPS) is 27.2. The molecule has 0 radical (unpaired) electrons. The van der Waals surface area contributed by atoms with Crippen LogP contribution < -0.4 is 0 Å². The molecule has 0 aromatic rings. The summed E-state index contributed by atoms with van der Waals surface area (Å²) in [4.78, 5) is 10.8. The predicted octanol–water partition coefficient (Wildman–Crippen LogP) is 0.797. The van der Waals surface area contributed by atoms with Crippen molar-refractivity contribution >= 4 is 5.97 Å². The maximum absolute atomic E-state index is 10.8. The van der Waals surface area contributed by atoms with Gasteiger partial charge in [-0.1, -0.05) is 24.3 Å². The van der Waals surface area contributed by atoms with E-state index in [2.05, 4.69) is 4.74 Å². The van der Waals surface area contributed by atoms with Crippen molar-refractivity contribution in [2.24, 2.45) is 0 Å². The number of aliphatic hydroxyl groups is 1. The van der Waals surface area contributed by atoms with Crippen LogP contribution in [0.4, 0.5) is 0 Å². The second kappa shape index (κ2) is 3.54. The van der Waals surface area contributed by atoms with Gasteiger partial charge in [-0.15, -0.1) is 0 Å². The van der Waals surface area contributed by atoms with E-state index in [0.717, 1.165) is 0 Å². The Balaban J connectivity index is 2.55. The SMILES string of the molecule is COC(=O)C[C@]1(O)C=CC=CC1. The second-order valence-electron chi connectivity index (χ2n) is 2.85. The highest BCUT2D eigenvalue weighted by Crippen LogP contribution is 2.21. The Morgan fingerprint density at radius 1 is 1.67 bits per heavy atom. The topological polar surface area (TPSA) is 46.5 Å². The molecule has 1 aliphatic carbocycles. The van der Waals surface area contributed by atoms with E-state index >= 15 is 0 Å². The van der Waals surface area contributed by atoms with Crippen molar-refractivity contribution in [1.82, 2.24) is 0 Å². The molecule has 0 aliphatic heterocycles. The van der Waals surface area contributed by atoms with Gasteiger partial charge in [0.25, 0.3) is 0 Å². The average molecular weight is 168 g/mol. The standard InChI is InChI=1S/C9H12O3/c1-12-8(10)7-9(11)5-3-2-4-6-9/h2-5,11H,6-7H2,1H3/t9-/m0/s1. The van der Waals surface area contributed by atoms with Crippen LogP contribution in [0.5, 0.6) is 0 Å². The summed E-state index contributed by atoms with van der Waals surface area (Å²) in [6, 6.07) is 0. The number of methoxy groups -OCH3 is 1.